The monoisotopic (exact) mass is 385 g/mol. The summed E-state index contributed by atoms with van der Waals surface area (Å²) in [7, 11) is 0. The van der Waals surface area contributed by atoms with Crippen molar-refractivity contribution in [3.05, 3.63) is 47.3 Å². The van der Waals surface area contributed by atoms with Crippen LogP contribution in [0, 0.1) is 0 Å². The number of tetrazole rings is 1. The number of nitrogens with one attached hydrogen (secondary N) is 1. The molecule has 0 saturated carbocycles. The average Bonchev–Trinajstić information content (AvgIpc) is 3.32. The number of Topliss-reactive ketones (excluding diaryl/α,β-unsaturated/α-hetero) is 1. The third kappa shape index (κ3) is 4.82. The number of aromatic nitrogens is 4. The van der Waals surface area contributed by atoms with Crippen LogP contribution in [0.4, 0.5) is 5.69 Å². The summed E-state index contributed by atoms with van der Waals surface area (Å²) in [5, 5.41) is 16.2. The predicted molar refractivity (Wildman–Crippen MR) is 97.2 cm³/mol. The molecule has 0 fully saturated rings. The summed E-state index contributed by atoms with van der Waals surface area (Å²) in [6, 6.07) is 10.3. The number of benzene rings is 1. The SMILES string of the molecule is CC(=O)c1ccccc1NC(=O)COC(=O)Cn1nnc(-c2cccs2)n1. The van der Waals surface area contributed by atoms with Crippen molar-refractivity contribution in [2.45, 2.75) is 13.5 Å². The topological polar surface area (TPSA) is 116 Å². The van der Waals surface area contributed by atoms with E-state index in [2.05, 4.69) is 20.7 Å². The van der Waals surface area contributed by atoms with E-state index in [9.17, 15) is 14.4 Å². The van der Waals surface area contributed by atoms with E-state index in [1.807, 2.05) is 17.5 Å². The quantitative estimate of drug-likeness (QED) is 0.487. The number of rotatable bonds is 7. The molecule has 0 aliphatic heterocycles. The predicted octanol–water partition coefficient (Wildman–Crippen LogP) is 1.79. The summed E-state index contributed by atoms with van der Waals surface area (Å²) < 4.78 is 4.92. The summed E-state index contributed by atoms with van der Waals surface area (Å²) in [6.45, 7) is 0.647. The molecule has 3 rings (SSSR count). The van der Waals surface area contributed by atoms with Gasteiger partial charge in [-0.25, -0.2) is 4.79 Å². The smallest absolute Gasteiger partial charge is 0.330 e. The highest BCUT2D eigenvalue weighted by Crippen LogP contribution is 2.19. The van der Waals surface area contributed by atoms with Crippen LogP contribution in [0.3, 0.4) is 0 Å². The molecule has 0 saturated heterocycles. The first-order chi connectivity index (χ1) is 13.0. The number of carbonyl (C=O) groups excluding carboxylic acids is 3. The van der Waals surface area contributed by atoms with Gasteiger partial charge in [0.2, 0.25) is 5.82 Å². The van der Waals surface area contributed by atoms with Gasteiger partial charge < -0.3 is 10.1 Å². The summed E-state index contributed by atoms with van der Waals surface area (Å²) in [6.07, 6.45) is 0. The van der Waals surface area contributed by atoms with Crippen LogP contribution in [0.1, 0.15) is 17.3 Å². The van der Waals surface area contributed by atoms with Crippen LogP contribution >= 0.6 is 11.3 Å². The molecular weight excluding hydrogens is 370 g/mol. The summed E-state index contributed by atoms with van der Waals surface area (Å²) >= 11 is 1.45. The van der Waals surface area contributed by atoms with Crippen LogP contribution in [-0.2, 0) is 20.9 Å². The number of anilines is 1. The Balaban J connectivity index is 1.51. The Bertz CT molecular complexity index is 967. The third-order valence-electron chi connectivity index (χ3n) is 3.41. The second kappa shape index (κ2) is 8.32. The molecule has 27 heavy (non-hydrogen) atoms. The molecule has 0 aliphatic carbocycles. The molecule has 0 aliphatic rings. The van der Waals surface area contributed by atoms with Crippen molar-refractivity contribution in [1.29, 1.82) is 0 Å². The maximum atomic E-state index is 12.0. The third-order valence-corrected chi connectivity index (χ3v) is 4.28. The lowest BCUT2D eigenvalue weighted by Gasteiger charge is -2.09. The Morgan fingerprint density at radius 3 is 2.74 bits per heavy atom. The number of nitrogens with zero attached hydrogens (tertiary/aromatic N) is 4. The first-order valence-electron chi connectivity index (χ1n) is 7.90. The Morgan fingerprint density at radius 2 is 2.00 bits per heavy atom. The minimum atomic E-state index is -0.680. The molecule has 3 aromatic rings. The lowest BCUT2D eigenvalue weighted by molar-refractivity contribution is -0.148. The number of ketones is 1. The Morgan fingerprint density at radius 1 is 1.19 bits per heavy atom. The Hall–Kier alpha value is -3.40. The fraction of sp³-hybridized carbons (Fsp3) is 0.176. The largest absolute Gasteiger partial charge is 0.454 e. The Labute approximate surface area is 158 Å². The highest BCUT2D eigenvalue weighted by atomic mass is 32.1. The van der Waals surface area contributed by atoms with Crippen LogP contribution in [0.15, 0.2) is 41.8 Å². The molecule has 1 aromatic carbocycles. The number of para-hydroxylation sites is 1. The molecule has 0 unspecified atom stereocenters. The number of ether oxygens (including phenoxy) is 1. The second-order valence-corrected chi connectivity index (χ2v) is 6.38. The van der Waals surface area contributed by atoms with Gasteiger partial charge in [-0.3, -0.25) is 9.59 Å². The van der Waals surface area contributed by atoms with Gasteiger partial charge in [0.25, 0.3) is 5.91 Å². The molecule has 2 aromatic heterocycles. The standard InChI is InChI=1S/C17H15N5O4S/c1-11(23)12-5-2-3-6-13(12)18-15(24)10-26-16(25)9-22-20-17(19-21-22)14-7-4-8-27-14/h2-8H,9-10H2,1H3,(H,18,24). The van der Waals surface area contributed by atoms with Gasteiger partial charge in [-0.05, 0) is 35.7 Å². The Kier molecular flexibility index (Phi) is 5.67. The van der Waals surface area contributed by atoms with Crippen LogP contribution in [0.25, 0.3) is 10.7 Å². The molecular formula is C17H15N5O4S. The van der Waals surface area contributed by atoms with E-state index in [1.165, 1.54) is 18.3 Å². The van der Waals surface area contributed by atoms with E-state index >= 15 is 0 Å². The average molecular weight is 385 g/mol. The fourth-order valence-corrected chi connectivity index (χ4v) is 2.86. The minimum absolute atomic E-state index is 0.179. The summed E-state index contributed by atoms with van der Waals surface area (Å²) in [4.78, 5) is 37.3. The van der Waals surface area contributed by atoms with Crippen molar-refractivity contribution in [1.82, 2.24) is 20.2 Å². The zero-order chi connectivity index (χ0) is 19.2. The number of thiophene rings is 1. The van der Waals surface area contributed by atoms with E-state index in [-0.39, 0.29) is 12.3 Å². The van der Waals surface area contributed by atoms with E-state index in [0.717, 1.165) is 9.67 Å². The number of hydrogen-bond donors (Lipinski definition) is 1. The number of hydrogen-bond acceptors (Lipinski definition) is 8. The van der Waals surface area contributed by atoms with Gasteiger partial charge in [0.1, 0.15) is 0 Å². The van der Waals surface area contributed by atoms with Gasteiger partial charge in [-0.2, -0.15) is 4.80 Å². The molecule has 2 heterocycles. The minimum Gasteiger partial charge on any atom is -0.454 e. The highest BCUT2D eigenvalue weighted by molar-refractivity contribution is 7.13. The number of carbonyl (C=O) groups is 3. The van der Waals surface area contributed by atoms with Crippen LogP contribution in [-0.4, -0.2) is 44.5 Å². The van der Waals surface area contributed by atoms with Gasteiger partial charge in [0.05, 0.1) is 10.6 Å². The first kappa shape index (κ1) is 18.4. The van der Waals surface area contributed by atoms with Crippen molar-refractivity contribution < 1.29 is 19.1 Å². The van der Waals surface area contributed by atoms with E-state index in [0.29, 0.717) is 17.1 Å². The van der Waals surface area contributed by atoms with Gasteiger partial charge in [0.15, 0.2) is 18.9 Å². The second-order valence-electron chi connectivity index (χ2n) is 5.43. The van der Waals surface area contributed by atoms with Crippen molar-refractivity contribution in [3.8, 4) is 10.7 Å². The van der Waals surface area contributed by atoms with E-state index in [4.69, 9.17) is 4.74 Å². The maximum Gasteiger partial charge on any atom is 0.330 e. The van der Waals surface area contributed by atoms with Gasteiger partial charge >= 0.3 is 5.97 Å². The molecule has 1 N–H and O–H groups in total. The lowest BCUT2D eigenvalue weighted by atomic mass is 10.1. The van der Waals surface area contributed by atoms with E-state index < -0.39 is 18.5 Å². The first-order valence-corrected chi connectivity index (χ1v) is 8.78. The van der Waals surface area contributed by atoms with Gasteiger partial charge in [-0.1, -0.05) is 18.2 Å². The van der Waals surface area contributed by atoms with Crippen molar-refractivity contribution >= 4 is 34.7 Å². The zero-order valence-corrected chi connectivity index (χ0v) is 15.1. The molecule has 0 atom stereocenters. The maximum absolute atomic E-state index is 12.0. The number of esters is 1. The molecule has 1 amide bonds. The van der Waals surface area contributed by atoms with Gasteiger partial charge in [-0.15, -0.1) is 21.5 Å². The van der Waals surface area contributed by atoms with Crippen molar-refractivity contribution in [2.75, 3.05) is 11.9 Å². The lowest BCUT2D eigenvalue weighted by Crippen LogP contribution is -2.24. The molecule has 0 spiro atoms. The van der Waals surface area contributed by atoms with E-state index in [1.54, 1.807) is 24.3 Å². The summed E-state index contributed by atoms with van der Waals surface area (Å²) in [5.41, 5.74) is 0.745. The van der Waals surface area contributed by atoms with Crippen LogP contribution in [0.5, 0.6) is 0 Å². The normalized spacial score (nSPS) is 10.4. The molecule has 0 bridgehead atoms. The highest BCUT2D eigenvalue weighted by Gasteiger charge is 2.14. The van der Waals surface area contributed by atoms with Crippen LogP contribution in [0.2, 0.25) is 0 Å². The molecule has 9 nitrogen and oxygen atoms in total. The number of amides is 1. The summed E-state index contributed by atoms with van der Waals surface area (Å²) in [5.74, 6) is -0.999. The molecule has 138 valence electrons. The zero-order valence-electron chi connectivity index (χ0n) is 14.3. The van der Waals surface area contributed by atoms with Crippen LogP contribution < -0.4 is 5.32 Å². The van der Waals surface area contributed by atoms with Gasteiger partial charge in [0, 0.05) is 5.56 Å². The van der Waals surface area contributed by atoms with Crippen molar-refractivity contribution in [3.63, 3.8) is 0 Å². The fourth-order valence-electron chi connectivity index (χ4n) is 2.21. The molecule has 10 heteroatoms. The molecule has 0 radical (unpaired) electrons. The van der Waals surface area contributed by atoms with Crippen molar-refractivity contribution in [2.24, 2.45) is 0 Å².